The molecule has 18 heavy (non-hydrogen) atoms. The van der Waals surface area contributed by atoms with Crippen LogP contribution in [0.15, 0.2) is 18.2 Å². The minimum atomic E-state index is -0.0906. The average Bonchev–Trinajstić information content (AvgIpc) is 2.35. The molecule has 0 amide bonds. The highest BCUT2D eigenvalue weighted by molar-refractivity contribution is 5.27. The molecule has 0 saturated heterocycles. The number of aryl methyl sites for hydroxylation is 1. The summed E-state index contributed by atoms with van der Waals surface area (Å²) in [5, 5.41) is 3.41. The maximum absolute atomic E-state index is 13.7. The summed E-state index contributed by atoms with van der Waals surface area (Å²) in [7, 11) is 1.99. The third kappa shape index (κ3) is 2.59. The third-order valence-corrected chi connectivity index (χ3v) is 4.51. The highest BCUT2D eigenvalue weighted by Gasteiger charge is 2.35. The van der Waals surface area contributed by atoms with Crippen molar-refractivity contribution in [1.29, 1.82) is 0 Å². The van der Waals surface area contributed by atoms with Crippen LogP contribution in [0, 0.1) is 18.2 Å². The predicted octanol–water partition coefficient (Wildman–Crippen LogP) is 4.37. The van der Waals surface area contributed by atoms with Crippen molar-refractivity contribution in [2.75, 3.05) is 7.05 Å². The van der Waals surface area contributed by atoms with Crippen molar-refractivity contribution < 1.29 is 4.39 Å². The van der Waals surface area contributed by atoms with E-state index >= 15 is 0 Å². The van der Waals surface area contributed by atoms with E-state index in [1.54, 1.807) is 6.07 Å². The van der Waals surface area contributed by atoms with Crippen molar-refractivity contribution >= 4 is 0 Å². The fourth-order valence-electron chi connectivity index (χ4n) is 3.35. The predicted molar refractivity (Wildman–Crippen MR) is 74.1 cm³/mol. The minimum Gasteiger partial charge on any atom is -0.313 e. The Balaban J connectivity index is 2.29. The molecule has 1 atom stereocenters. The Morgan fingerprint density at radius 2 is 1.89 bits per heavy atom. The van der Waals surface area contributed by atoms with Crippen LogP contribution in [0.3, 0.4) is 0 Å². The SMILES string of the molecule is CNC(c1ccc(C)c(F)c1)C1(C)CCCCC1. The first-order chi connectivity index (χ1) is 8.57. The molecule has 0 aliphatic heterocycles. The second-order valence-electron chi connectivity index (χ2n) is 5.94. The Morgan fingerprint density at radius 1 is 1.22 bits per heavy atom. The van der Waals surface area contributed by atoms with E-state index in [0.717, 1.165) is 11.1 Å². The minimum absolute atomic E-state index is 0.0906. The highest BCUT2D eigenvalue weighted by Crippen LogP contribution is 2.45. The normalized spacial score (nSPS) is 20.7. The third-order valence-electron chi connectivity index (χ3n) is 4.51. The van der Waals surface area contributed by atoms with Crippen molar-refractivity contribution in [2.45, 2.75) is 52.0 Å². The van der Waals surface area contributed by atoms with Gasteiger partial charge in [-0.05, 0) is 49.4 Å². The first-order valence-corrected chi connectivity index (χ1v) is 7.00. The lowest BCUT2D eigenvalue weighted by molar-refractivity contribution is 0.150. The molecule has 100 valence electrons. The van der Waals surface area contributed by atoms with E-state index in [-0.39, 0.29) is 17.3 Å². The molecule has 1 saturated carbocycles. The number of hydrogen-bond donors (Lipinski definition) is 1. The van der Waals surface area contributed by atoms with E-state index in [4.69, 9.17) is 0 Å². The zero-order valence-electron chi connectivity index (χ0n) is 11.7. The van der Waals surface area contributed by atoms with E-state index in [1.807, 2.05) is 20.0 Å². The molecular formula is C16H24FN. The molecule has 1 aromatic rings. The van der Waals surface area contributed by atoms with Crippen molar-refractivity contribution in [3.8, 4) is 0 Å². The van der Waals surface area contributed by atoms with Gasteiger partial charge >= 0.3 is 0 Å². The average molecular weight is 249 g/mol. The van der Waals surface area contributed by atoms with Gasteiger partial charge in [-0.1, -0.05) is 38.3 Å². The summed E-state index contributed by atoms with van der Waals surface area (Å²) < 4.78 is 13.7. The molecule has 2 rings (SSSR count). The van der Waals surface area contributed by atoms with Crippen molar-refractivity contribution in [3.05, 3.63) is 35.1 Å². The number of hydrogen-bond acceptors (Lipinski definition) is 1. The number of rotatable bonds is 3. The van der Waals surface area contributed by atoms with E-state index in [2.05, 4.69) is 18.3 Å². The summed E-state index contributed by atoms with van der Waals surface area (Å²) in [6.45, 7) is 4.15. The second-order valence-corrected chi connectivity index (χ2v) is 5.94. The van der Waals surface area contributed by atoms with Crippen molar-refractivity contribution in [2.24, 2.45) is 5.41 Å². The lowest BCUT2D eigenvalue weighted by atomic mass is 9.68. The van der Waals surface area contributed by atoms with Gasteiger partial charge in [0.2, 0.25) is 0 Å². The highest BCUT2D eigenvalue weighted by atomic mass is 19.1. The Kier molecular flexibility index (Phi) is 4.06. The summed E-state index contributed by atoms with van der Waals surface area (Å²) in [5.41, 5.74) is 2.07. The summed E-state index contributed by atoms with van der Waals surface area (Å²) in [6.07, 6.45) is 6.39. The molecule has 1 unspecified atom stereocenters. The van der Waals surface area contributed by atoms with Gasteiger partial charge in [0.05, 0.1) is 0 Å². The zero-order chi connectivity index (χ0) is 13.2. The van der Waals surface area contributed by atoms with Crippen LogP contribution < -0.4 is 5.32 Å². The van der Waals surface area contributed by atoms with Gasteiger partial charge in [-0.3, -0.25) is 0 Å². The molecule has 1 fully saturated rings. The van der Waals surface area contributed by atoms with Crippen LogP contribution in [0.25, 0.3) is 0 Å². The summed E-state index contributed by atoms with van der Waals surface area (Å²) >= 11 is 0. The van der Waals surface area contributed by atoms with Crippen molar-refractivity contribution in [1.82, 2.24) is 5.32 Å². The Bertz CT molecular complexity index is 408. The molecule has 0 aromatic heterocycles. The van der Waals surface area contributed by atoms with Crippen LogP contribution in [-0.4, -0.2) is 7.05 Å². The number of nitrogens with one attached hydrogen (secondary N) is 1. The topological polar surface area (TPSA) is 12.0 Å². The van der Waals surface area contributed by atoms with Crippen LogP contribution in [0.5, 0.6) is 0 Å². The fraction of sp³-hybridized carbons (Fsp3) is 0.625. The van der Waals surface area contributed by atoms with E-state index in [1.165, 1.54) is 32.1 Å². The van der Waals surface area contributed by atoms with E-state index < -0.39 is 0 Å². The molecule has 2 heteroatoms. The fourth-order valence-corrected chi connectivity index (χ4v) is 3.35. The molecule has 0 radical (unpaired) electrons. The first-order valence-electron chi connectivity index (χ1n) is 7.00. The lowest BCUT2D eigenvalue weighted by Crippen LogP contribution is -2.36. The number of benzene rings is 1. The van der Waals surface area contributed by atoms with Gasteiger partial charge in [0.25, 0.3) is 0 Å². The standard InChI is InChI=1S/C16H24FN/c1-12-7-8-13(11-14(12)17)15(18-3)16(2)9-5-4-6-10-16/h7-8,11,15,18H,4-6,9-10H2,1-3H3. The van der Waals surface area contributed by atoms with Crippen molar-refractivity contribution in [3.63, 3.8) is 0 Å². The summed E-state index contributed by atoms with van der Waals surface area (Å²) in [6, 6.07) is 5.92. The Morgan fingerprint density at radius 3 is 2.44 bits per heavy atom. The van der Waals surface area contributed by atoms with Gasteiger partial charge in [0.1, 0.15) is 5.82 Å². The van der Waals surface area contributed by atoms with Crippen LogP contribution in [-0.2, 0) is 0 Å². The summed E-state index contributed by atoms with van der Waals surface area (Å²) in [4.78, 5) is 0. The van der Waals surface area contributed by atoms with Crippen LogP contribution in [0.1, 0.15) is 56.2 Å². The largest absolute Gasteiger partial charge is 0.313 e. The van der Waals surface area contributed by atoms with Crippen LogP contribution in [0.2, 0.25) is 0 Å². The van der Waals surface area contributed by atoms with Gasteiger partial charge in [-0.2, -0.15) is 0 Å². The van der Waals surface area contributed by atoms with Gasteiger partial charge in [-0.15, -0.1) is 0 Å². The lowest BCUT2D eigenvalue weighted by Gasteiger charge is -2.41. The van der Waals surface area contributed by atoms with Gasteiger partial charge in [-0.25, -0.2) is 4.39 Å². The maximum atomic E-state index is 13.7. The Hall–Kier alpha value is -0.890. The molecular weight excluding hydrogens is 225 g/mol. The number of halogens is 1. The molecule has 1 N–H and O–H groups in total. The van der Waals surface area contributed by atoms with Gasteiger partial charge in [0, 0.05) is 6.04 Å². The first kappa shape index (κ1) is 13.5. The molecule has 0 bridgehead atoms. The Labute approximate surface area is 110 Å². The monoisotopic (exact) mass is 249 g/mol. The maximum Gasteiger partial charge on any atom is 0.126 e. The quantitative estimate of drug-likeness (QED) is 0.839. The van der Waals surface area contributed by atoms with E-state index in [9.17, 15) is 4.39 Å². The molecule has 0 heterocycles. The molecule has 0 spiro atoms. The van der Waals surface area contributed by atoms with Gasteiger partial charge < -0.3 is 5.32 Å². The second kappa shape index (κ2) is 5.40. The van der Waals surface area contributed by atoms with Crippen LogP contribution in [0.4, 0.5) is 4.39 Å². The van der Waals surface area contributed by atoms with E-state index in [0.29, 0.717) is 0 Å². The smallest absolute Gasteiger partial charge is 0.126 e. The summed E-state index contributed by atoms with van der Waals surface area (Å²) in [5.74, 6) is -0.0906. The molecule has 1 nitrogen and oxygen atoms in total. The van der Waals surface area contributed by atoms with Crippen LogP contribution >= 0.6 is 0 Å². The zero-order valence-corrected chi connectivity index (χ0v) is 11.7. The molecule has 1 aliphatic carbocycles. The van der Waals surface area contributed by atoms with Gasteiger partial charge in [0.15, 0.2) is 0 Å². The molecule has 1 aromatic carbocycles. The molecule has 1 aliphatic rings.